The van der Waals surface area contributed by atoms with Crippen LogP contribution in [0.4, 0.5) is 25.3 Å². The normalized spacial score (nSPS) is 10.9. The van der Waals surface area contributed by atoms with Crippen LogP contribution in [-0.2, 0) is 4.79 Å². The van der Waals surface area contributed by atoms with Gasteiger partial charge in [-0.3, -0.25) is 24.6 Å². The molecule has 10 heteroatoms. The van der Waals surface area contributed by atoms with E-state index in [9.17, 15) is 28.5 Å². The number of hydrogen-bond acceptors (Lipinski definition) is 6. The predicted octanol–water partition coefficient (Wildman–Crippen LogP) is 4.91. The zero-order valence-electron chi connectivity index (χ0n) is 15.4. The first-order chi connectivity index (χ1) is 14.3. The molecular weight excluding hydrogens is 416 g/mol. The van der Waals surface area contributed by atoms with Gasteiger partial charge in [0.25, 0.3) is 5.69 Å². The number of ketones is 1. The third kappa shape index (κ3) is 4.61. The van der Waals surface area contributed by atoms with E-state index in [-0.39, 0.29) is 22.1 Å². The number of benzene rings is 2. The number of carbonyl (C=O) groups excluding carboxylic acids is 2. The van der Waals surface area contributed by atoms with Crippen molar-refractivity contribution in [3.8, 4) is 0 Å². The second-order valence-electron chi connectivity index (χ2n) is 6.01. The fourth-order valence-corrected chi connectivity index (χ4v) is 3.40. The smallest absolute Gasteiger partial charge is 0.270 e. The third-order valence-electron chi connectivity index (χ3n) is 3.91. The molecule has 1 aromatic heterocycles. The standard InChI is InChI=1S/C20H13F2N3O4S/c1-12(26)24(18-7-5-14(21)10-17(18)22)20-23-15(11-30-20)6-8-19(27)13-3-2-4-16(9-13)25(28)29/h2-11H,1H3/b8-6+. The first kappa shape index (κ1) is 20.9. The van der Waals surface area contributed by atoms with Crippen LogP contribution >= 0.6 is 11.3 Å². The number of nitro benzene ring substituents is 1. The van der Waals surface area contributed by atoms with E-state index >= 15 is 0 Å². The maximum atomic E-state index is 14.1. The zero-order valence-corrected chi connectivity index (χ0v) is 16.2. The van der Waals surface area contributed by atoms with Crippen molar-refractivity contribution in [3.63, 3.8) is 0 Å². The van der Waals surface area contributed by atoms with Crippen molar-refractivity contribution in [2.24, 2.45) is 0 Å². The van der Waals surface area contributed by atoms with Crippen LogP contribution in [0.2, 0.25) is 0 Å². The number of hydrogen-bond donors (Lipinski definition) is 0. The van der Waals surface area contributed by atoms with Gasteiger partial charge in [0.2, 0.25) is 5.91 Å². The van der Waals surface area contributed by atoms with Gasteiger partial charge < -0.3 is 0 Å². The fourth-order valence-electron chi connectivity index (χ4n) is 2.56. The number of nitro groups is 1. The van der Waals surface area contributed by atoms with Crippen molar-refractivity contribution in [2.45, 2.75) is 6.92 Å². The molecule has 1 heterocycles. The summed E-state index contributed by atoms with van der Waals surface area (Å²) in [6.45, 7) is 1.21. The summed E-state index contributed by atoms with van der Waals surface area (Å²) < 4.78 is 27.3. The van der Waals surface area contributed by atoms with Crippen molar-refractivity contribution in [3.05, 3.63) is 86.9 Å². The van der Waals surface area contributed by atoms with E-state index in [0.29, 0.717) is 11.8 Å². The fraction of sp³-hybridized carbons (Fsp3) is 0.0500. The Kier molecular flexibility index (Phi) is 6.07. The van der Waals surface area contributed by atoms with Crippen LogP contribution in [0.1, 0.15) is 23.0 Å². The van der Waals surface area contributed by atoms with Gasteiger partial charge in [-0.25, -0.2) is 13.8 Å². The molecule has 0 saturated heterocycles. The molecule has 3 rings (SSSR count). The van der Waals surface area contributed by atoms with Crippen LogP contribution in [0.15, 0.2) is 53.9 Å². The molecule has 1 amide bonds. The van der Waals surface area contributed by atoms with Crippen LogP contribution in [0.5, 0.6) is 0 Å². The topological polar surface area (TPSA) is 93.4 Å². The summed E-state index contributed by atoms with van der Waals surface area (Å²) in [5.74, 6) is -2.69. The number of non-ortho nitro benzene ring substituents is 1. The molecule has 0 unspecified atom stereocenters. The van der Waals surface area contributed by atoms with E-state index in [4.69, 9.17) is 0 Å². The molecule has 0 atom stereocenters. The lowest BCUT2D eigenvalue weighted by atomic mass is 10.1. The maximum Gasteiger partial charge on any atom is 0.270 e. The van der Waals surface area contributed by atoms with Crippen LogP contribution < -0.4 is 4.90 Å². The Labute approximate surface area is 173 Å². The molecule has 0 bridgehead atoms. The van der Waals surface area contributed by atoms with Crippen molar-refractivity contribution in [1.29, 1.82) is 0 Å². The Hall–Kier alpha value is -3.79. The maximum absolute atomic E-state index is 14.1. The molecule has 0 N–H and O–H groups in total. The highest BCUT2D eigenvalue weighted by Crippen LogP contribution is 2.31. The monoisotopic (exact) mass is 429 g/mol. The molecule has 152 valence electrons. The molecule has 0 radical (unpaired) electrons. The minimum absolute atomic E-state index is 0.134. The Morgan fingerprint density at radius 2 is 1.97 bits per heavy atom. The number of halogens is 2. The summed E-state index contributed by atoms with van der Waals surface area (Å²) in [4.78, 5) is 39.7. The minimum atomic E-state index is -0.918. The van der Waals surface area contributed by atoms with Gasteiger partial charge in [-0.05, 0) is 24.3 Å². The van der Waals surface area contributed by atoms with Gasteiger partial charge in [0.05, 0.1) is 16.3 Å². The van der Waals surface area contributed by atoms with Crippen LogP contribution in [0, 0.1) is 21.7 Å². The number of amides is 1. The van der Waals surface area contributed by atoms with Crippen molar-refractivity contribution < 1.29 is 23.3 Å². The molecule has 0 aliphatic carbocycles. The molecule has 0 aliphatic heterocycles. The van der Waals surface area contributed by atoms with Gasteiger partial charge in [0, 0.05) is 36.1 Å². The first-order valence-corrected chi connectivity index (χ1v) is 9.32. The Bertz CT molecular complexity index is 1180. The predicted molar refractivity (Wildman–Crippen MR) is 108 cm³/mol. The summed E-state index contributed by atoms with van der Waals surface area (Å²) in [5, 5.41) is 12.5. The number of allylic oxidation sites excluding steroid dienone is 1. The van der Waals surface area contributed by atoms with Gasteiger partial charge in [0.15, 0.2) is 10.9 Å². The van der Waals surface area contributed by atoms with Crippen molar-refractivity contribution in [1.82, 2.24) is 4.98 Å². The SMILES string of the molecule is CC(=O)N(c1nc(/C=C/C(=O)c2cccc([N+](=O)[O-])c2)cs1)c1ccc(F)cc1F. The average Bonchev–Trinajstić information content (AvgIpc) is 3.16. The largest absolute Gasteiger partial charge is 0.289 e. The molecule has 3 aromatic rings. The number of carbonyl (C=O) groups is 2. The number of thiazole rings is 1. The zero-order chi connectivity index (χ0) is 21.8. The molecule has 7 nitrogen and oxygen atoms in total. The first-order valence-electron chi connectivity index (χ1n) is 8.44. The van der Waals surface area contributed by atoms with Gasteiger partial charge in [-0.15, -0.1) is 11.3 Å². The molecule has 0 spiro atoms. The van der Waals surface area contributed by atoms with Crippen LogP contribution in [0.3, 0.4) is 0 Å². The Morgan fingerprint density at radius 3 is 2.63 bits per heavy atom. The summed E-state index contributed by atoms with van der Waals surface area (Å²) in [7, 11) is 0. The van der Waals surface area contributed by atoms with Gasteiger partial charge in [0.1, 0.15) is 11.6 Å². The third-order valence-corrected chi connectivity index (χ3v) is 4.76. The second-order valence-corrected chi connectivity index (χ2v) is 6.85. The highest BCUT2D eigenvalue weighted by atomic mass is 32.1. The number of rotatable bonds is 6. The number of anilines is 2. The van der Waals surface area contributed by atoms with E-state index in [1.165, 1.54) is 37.3 Å². The Balaban J connectivity index is 1.84. The van der Waals surface area contributed by atoms with Gasteiger partial charge in [-0.1, -0.05) is 12.1 Å². The summed E-state index contributed by atoms with van der Waals surface area (Å²) in [6.07, 6.45) is 2.56. The van der Waals surface area contributed by atoms with Crippen molar-refractivity contribution in [2.75, 3.05) is 4.90 Å². The van der Waals surface area contributed by atoms with E-state index < -0.39 is 28.2 Å². The molecule has 2 aromatic carbocycles. The van der Waals surface area contributed by atoms with Gasteiger partial charge >= 0.3 is 0 Å². The summed E-state index contributed by atoms with van der Waals surface area (Å²) >= 11 is 1.03. The van der Waals surface area contributed by atoms with Crippen LogP contribution in [0.25, 0.3) is 6.08 Å². The quantitative estimate of drug-likeness (QED) is 0.240. The van der Waals surface area contributed by atoms with E-state index in [0.717, 1.165) is 34.4 Å². The highest BCUT2D eigenvalue weighted by Gasteiger charge is 2.21. The molecule has 0 fully saturated rings. The number of nitrogens with zero attached hydrogens (tertiary/aromatic N) is 3. The second kappa shape index (κ2) is 8.70. The minimum Gasteiger partial charge on any atom is -0.289 e. The Morgan fingerprint density at radius 1 is 1.20 bits per heavy atom. The van der Waals surface area contributed by atoms with E-state index in [2.05, 4.69) is 4.98 Å². The lowest BCUT2D eigenvalue weighted by molar-refractivity contribution is -0.384. The summed E-state index contributed by atoms with van der Waals surface area (Å²) in [6, 6.07) is 8.11. The molecular formula is C20H13F2N3O4S. The van der Waals surface area contributed by atoms with Gasteiger partial charge in [-0.2, -0.15) is 0 Å². The van der Waals surface area contributed by atoms with E-state index in [1.54, 1.807) is 5.38 Å². The number of aromatic nitrogens is 1. The molecule has 30 heavy (non-hydrogen) atoms. The summed E-state index contributed by atoms with van der Waals surface area (Å²) in [5.41, 5.74) is 0.0993. The highest BCUT2D eigenvalue weighted by molar-refractivity contribution is 7.14. The lowest BCUT2D eigenvalue weighted by Gasteiger charge is -2.18. The lowest BCUT2D eigenvalue weighted by Crippen LogP contribution is -2.23. The molecule has 0 saturated carbocycles. The van der Waals surface area contributed by atoms with Crippen LogP contribution in [-0.4, -0.2) is 21.6 Å². The molecule has 0 aliphatic rings. The van der Waals surface area contributed by atoms with E-state index in [1.807, 2.05) is 0 Å². The average molecular weight is 429 g/mol. The van der Waals surface area contributed by atoms with Crippen molar-refractivity contribution >= 4 is 45.6 Å².